The van der Waals surface area contributed by atoms with Crippen LogP contribution in [-0.4, -0.2) is 17.8 Å². The summed E-state index contributed by atoms with van der Waals surface area (Å²) in [4.78, 5) is 0. The topological polar surface area (TPSA) is 42.6 Å². The molecule has 1 aliphatic carbocycles. The van der Waals surface area contributed by atoms with Crippen molar-refractivity contribution in [2.45, 2.75) is 24.9 Å². The molecule has 3 rings (SSSR count). The summed E-state index contributed by atoms with van der Waals surface area (Å²) in [5.74, 6) is 0.661. The predicted molar refractivity (Wildman–Crippen MR) is 65.7 cm³/mol. The van der Waals surface area contributed by atoms with Gasteiger partial charge in [-0.2, -0.15) is 0 Å². The number of benzene rings is 1. The Bertz CT molecular complexity index is 569. The average Bonchev–Trinajstić information content (AvgIpc) is 2.85. The molecule has 17 heavy (non-hydrogen) atoms. The first-order chi connectivity index (χ1) is 8.13. The molecule has 1 aromatic carbocycles. The van der Waals surface area contributed by atoms with Gasteiger partial charge in [-0.15, -0.1) is 0 Å². The molecule has 1 fully saturated rings. The molecule has 0 spiro atoms. The lowest BCUT2D eigenvalue weighted by Crippen LogP contribution is -2.11. The third-order valence-corrected chi connectivity index (χ3v) is 3.73. The van der Waals surface area contributed by atoms with Crippen molar-refractivity contribution in [2.24, 2.45) is 0 Å². The summed E-state index contributed by atoms with van der Waals surface area (Å²) in [7, 11) is 1.60. The molecule has 0 radical (unpaired) electrons. The van der Waals surface area contributed by atoms with Crippen LogP contribution < -0.4 is 4.74 Å². The number of hydrogen-bond donors (Lipinski definition) is 1. The zero-order valence-corrected chi connectivity index (χ0v) is 10.3. The lowest BCUT2D eigenvalue weighted by atomic mass is 10.0. The molecule has 1 saturated carbocycles. The van der Waals surface area contributed by atoms with E-state index in [-0.39, 0.29) is 0 Å². The Morgan fingerprint density at radius 3 is 2.94 bits per heavy atom. The third-order valence-electron chi connectivity index (χ3n) is 3.28. The van der Waals surface area contributed by atoms with Gasteiger partial charge in [0.1, 0.15) is 0 Å². The van der Waals surface area contributed by atoms with Gasteiger partial charge < -0.3 is 14.3 Å². The van der Waals surface area contributed by atoms with Crippen LogP contribution in [0.5, 0.6) is 5.75 Å². The van der Waals surface area contributed by atoms with Crippen LogP contribution in [0.15, 0.2) is 22.8 Å². The molecular weight excluding hydrogens is 240 g/mol. The smallest absolute Gasteiger partial charge is 0.177 e. The van der Waals surface area contributed by atoms with E-state index in [1.807, 2.05) is 12.1 Å². The summed E-state index contributed by atoms with van der Waals surface area (Å²) in [5, 5.41) is 11.5. The number of aliphatic hydroxyl groups is 1. The Hall–Kier alpha value is -1.19. The largest absolute Gasteiger partial charge is 0.493 e. The van der Waals surface area contributed by atoms with Crippen LogP contribution in [0, 0.1) is 0 Å². The molecule has 0 unspecified atom stereocenters. The van der Waals surface area contributed by atoms with Crippen molar-refractivity contribution in [3.63, 3.8) is 0 Å². The van der Waals surface area contributed by atoms with Crippen LogP contribution in [-0.2, 0) is 6.42 Å². The second-order valence-corrected chi connectivity index (χ2v) is 4.99. The monoisotopic (exact) mass is 252 g/mol. The van der Waals surface area contributed by atoms with E-state index in [1.54, 1.807) is 13.4 Å². The number of furan rings is 1. The highest BCUT2D eigenvalue weighted by Gasteiger charge is 2.40. The van der Waals surface area contributed by atoms with Gasteiger partial charge in [-0.05, 0) is 30.5 Å². The first-order valence-corrected chi connectivity index (χ1v) is 5.96. The molecule has 0 saturated heterocycles. The molecule has 3 nitrogen and oxygen atoms in total. The summed E-state index contributed by atoms with van der Waals surface area (Å²) < 4.78 is 10.6. The maximum atomic E-state index is 9.97. The second kappa shape index (κ2) is 3.65. The minimum atomic E-state index is -0.563. The first-order valence-electron chi connectivity index (χ1n) is 5.58. The van der Waals surface area contributed by atoms with Crippen LogP contribution in [0.25, 0.3) is 11.0 Å². The van der Waals surface area contributed by atoms with Gasteiger partial charge in [-0.25, -0.2) is 0 Å². The Balaban J connectivity index is 2.13. The molecule has 0 atom stereocenters. The number of halogens is 1. The lowest BCUT2D eigenvalue weighted by molar-refractivity contribution is 0.151. The van der Waals surface area contributed by atoms with Crippen molar-refractivity contribution in [1.29, 1.82) is 0 Å². The number of ether oxygens (including phenoxy) is 1. The highest BCUT2D eigenvalue weighted by atomic mass is 35.5. The van der Waals surface area contributed by atoms with Crippen LogP contribution in [0.3, 0.4) is 0 Å². The van der Waals surface area contributed by atoms with E-state index < -0.39 is 5.60 Å². The second-order valence-electron chi connectivity index (χ2n) is 4.62. The maximum Gasteiger partial charge on any atom is 0.177 e. The number of methoxy groups -OCH3 is 1. The van der Waals surface area contributed by atoms with Crippen molar-refractivity contribution in [3.05, 3.63) is 29.0 Å². The molecule has 1 aromatic heterocycles. The number of hydrogen-bond acceptors (Lipinski definition) is 3. The third kappa shape index (κ3) is 1.79. The standard InChI is InChI=1S/C13H13ClO3/c1-16-10-6-8(7-13(15)3-4-13)11(14)9-2-5-17-12(9)10/h2,5-6,15H,3-4,7H2,1H3. The van der Waals surface area contributed by atoms with Crippen molar-refractivity contribution in [3.8, 4) is 5.75 Å². The molecule has 1 N–H and O–H groups in total. The fraction of sp³-hybridized carbons (Fsp3) is 0.385. The van der Waals surface area contributed by atoms with Gasteiger partial charge >= 0.3 is 0 Å². The van der Waals surface area contributed by atoms with Gasteiger partial charge in [0.05, 0.1) is 24.0 Å². The molecule has 0 amide bonds. The van der Waals surface area contributed by atoms with Gasteiger partial charge in [0.25, 0.3) is 0 Å². The van der Waals surface area contributed by atoms with Crippen LogP contribution in [0.1, 0.15) is 18.4 Å². The van der Waals surface area contributed by atoms with Crippen LogP contribution in [0.2, 0.25) is 5.02 Å². The van der Waals surface area contributed by atoms with E-state index in [0.29, 0.717) is 22.8 Å². The van der Waals surface area contributed by atoms with Gasteiger partial charge in [0.15, 0.2) is 11.3 Å². The molecule has 2 aromatic rings. The zero-order chi connectivity index (χ0) is 12.0. The number of fused-ring (bicyclic) bond motifs is 1. The Labute approximate surface area is 104 Å². The minimum absolute atomic E-state index is 0.563. The minimum Gasteiger partial charge on any atom is -0.493 e. The van der Waals surface area contributed by atoms with Crippen molar-refractivity contribution in [2.75, 3.05) is 7.11 Å². The van der Waals surface area contributed by atoms with E-state index in [9.17, 15) is 5.11 Å². The van der Waals surface area contributed by atoms with Gasteiger partial charge in [0.2, 0.25) is 0 Å². The Morgan fingerprint density at radius 1 is 1.53 bits per heavy atom. The van der Waals surface area contributed by atoms with Crippen molar-refractivity contribution < 1.29 is 14.3 Å². The molecule has 0 bridgehead atoms. The quantitative estimate of drug-likeness (QED) is 0.912. The Morgan fingerprint density at radius 2 is 2.29 bits per heavy atom. The number of rotatable bonds is 3. The van der Waals surface area contributed by atoms with E-state index in [4.69, 9.17) is 20.8 Å². The highest BCUT2D eigenvalue weighted by Crippen LogP contribution is 2.43. The van der Waals surface area contributed by atoms with Crippen LogP contribution >= 0.6 is 11.6 Å². The summed E-state index contributed by atoms with van der Waals surface area (Å²) in [5.41, 5.74) is 1.01. The van der Waals surface area contributed by atoms with Crippen molar-refractivity contribution in [1.82, 2.24) is 0 Å². The van der Waals surface area contributed by atoms with E-state index in [0.717, 1.165) is 23.8 Å². The van der Waals surface area contributed by atoms with Gasteiger partial charge in [0, 0.05) is 11.8 Å². The Kier molecular flexibility index (Phi) is 2.35. The first kappa shape index (κ1) is 10.9. The molecular formula is C13H13ClO3. The SMILES string of the molecule is COc1cc(CC2(O)CC2)c(Cl)c2ccoc12. The predicted octanol–water partition coefficient (Wildman–Crippen LogP) is 3.16. The normalized spacial score (nSPS) is 17.4. The van der Waals surface area contributed by atoms with E-state index >= 15 is 0 Å². The molecule has 4 heteroatoms. The molecule has 1 aliphatic rings. The highest BCUT2D eigenvalue weighted by molar-refractivity contribution is 6.36. The van der Waals surface area contributed by atoms with E-state index in [1.165, 1.54) is 0 Å². The average molecular weight is 253 g/mol. The molecule has 90 valence electrons. The fourth-order valence-corrected chi connectivity index (χ4v) is 2.36. The fourth-order valence-electron chi connectivity index (χ4n) is 2.09. The summed E-state index contributed by atoms with van der Waals surface area (Å²) in [6.45, 7) is 0. The summed E-state index contributed by atoms with van der Waals surface area (Å²) in [6, 6.07) is 3.67. The van der Waals surface area contributed by atoms with Gasteiger partial charge in [-0.3, -0.25) is 0 Å². The van der Waals surface area contributed by atoms with Gasteiger partial charge in [-0.1, -0.05) is 11.6 Å². The summed E-state index contributed by atoms with van der Waals surface area (Å²) in [6.07, 6.45) is 3.85. The maximum absolute atomic E-state index is 9.97. The van der Waals surface area contributed by atoms with Crippen molar-refractivity contribution >= 4 is 22.6 Å². The molecule has 0 aliphatic heterocycles. The van der Waals surface area contributed by atoms with E-state index in [2.05, 4.69) is 0 Å². The summed E-state index contributed by atoms with van der Waals surface area (Å²) >= 11 is 6.32. The lowest BCUT2D eigenvalue weighted by Gasteiger charge is -2.12. The molecule has 1 heterocycles. The zero-order valence-electron chi connectivity index (χ0n) is 9.50. The van der Waals surface area contributed by atoms with Crippen LogP contribution in [0.4, 0.5) is 0 Å².